The fraction of sp³-hybridized carbons (Fsp3) is 0.350. The van der Waals surface area contributed by atoms with Gasteiger partial charge in [0.25, 0.3) is 0 Å². The molecule has 0 amide bonds. The molecule has 1 aliphatic rings. The van der Waals surface area contributed by atoms with Crippen molar-refractivity contribution in [1.29, 1.82) is 0 Å². The smallest absolute Gasteiger partial charge is 0.241 e. The van der Waals surface area contributed by atoms with E-state index in [9.17, 15) is 0 Å². The molecule has 1 aliphatic heterocycles. The van der Waals surface area contributed by atoms with Crippen molar-refractivity contribution in [1.82, 2.24) is 20.0 Å². The first-order valence-corrected chi connectivity index (χ1v) is 8.97. The fourth-order valence-electron chi connectivity index (χ4n) is 3.35. The summed E-state index contributed by atoms with van der Waals surface area (Å²) in [5.74, 6) is 1.26. The predicted molar refractivity (Wildman–Crippen MR) is 101 cm³/mol. The van der Waals surface area contributed by atoms with E-state index in [4.69, 9.17) is 4.52 Å². The minimum absolute atomic E-state index is 0.599. The maximum atomic E-state index is 5.42. The highest BCUT2D eigenvalue weighted by atomic mass is 16.5. The third-order valence-corrected chi connectivity index (χ3v) is 5.04. The lowest BCUT2D eigenvalue weighted by Gasteiger charge is -2.36. The van der Waals surface area contributed by atoms with Gasteiger partial charge in [0.15, 0.2) is 0 Å². The number of piperazine rings is 1. The molecule has 6 heteroatoms. The van der Waals surface area contributed by atoms with E-state index in [0.29, 0.717) is 18.3 Å². The maximum Gasteiger partial charge on any atom is 0.241 e. The first kappa shape index (κ1) is 16.7. The maximum absolute atomic E-state index is 5.42. The lowest BCUT2D eigenvalue weighted by Crippen LogP contribution is -2.46. The van der Waals surface area contributed by atoms with Gasteiger partial charge in [0.1, 0.15) is 0 Å². The number of hydrogen-bond donors (Lipinski definition) is 0. The van der Waals surface area contributed by atoms with Gasteiger partial charge in [0.05, 0.1) is 6.54 Å². The van der Waals surface area contributed by atoms with Gasteiger partial charge in [-0.1, -0.05) is 17.3 Å². The van der Waals surface area contributed by atoms with E-state index in [1.807, 2.05) is 12.1 Å². The summed E-state index contributed by atoms with van der Waals surface area (Å²) in [6.45, 7) is 9.05. The fourth-order valence-corrected chi connectivity index (χ4v) is 3.35. The quantitative estimate of drug-likeness (QED) is 0.721. The summed E-state index contributed by atoms with van der Waals surface area (Å²) in [5.41, 5.74) is 4.95. The van der Waals surface area contributed by atoms with Gasteiger partial charge in [-0.3, -0.25) is 9.88 Å². The van der Waals surface area contributed by atoms with E-state index >= 15 is 0 Å². The van der Waals surface area contributed by atoms with Crippen molar-refractivity contribution in [2.75, 3.05) is 31.1 Å². The highest BCUT2D eigenvalue weighted by molar-refractivity contribution is 5.56. The minimum atomic E-state index is 0.599. The number of benzene rings is 1. The third kappa shape index (κ3) is 3.46. The second-order valence-corrected chi connectivity index (χ2v) is 6.74. The molecule has 1 aromatic carbocycles. The number of pyridine rings is 1. The highest BCUT2D eigenvalue weighted by Crippen LogP contribution is 2.24. The lowest BCUT2D eigenvalue weighted by molar-refractivity contribution is 0.215. The van der Waals surface area contributed by atoms with Crippen molar-refractivity contribution in [3.8, 4) is 11.4 Å². The summed E-state index contributed by atoms with van der Waals surface area (Å²) >= 11 is 0. The van der Waals surface area contributed by atoms with Crippen LogP contribution in [0.5, 0.6) is 0 Å². The molecule has 2 aromatic heterocycles. The molecule has 0 N–H and O–H groups in total. The number of anilines is 1. The van der Waals surface area contributed by atoms with Crippen LogP contribution in [-0.4, -0.2) is 46.2 Å². The van der Waals surface area contributed by atoms with E-state index in [0.717, 1.165) is 31.7 Å². The second-order valence-electron chi connectivity index (χ2n) is 6.74. The zero-order valence-corrected chi connectivity index (χ0v) is 15.2. The molecule has 0 bridgehead atoms. The van der Waals surface area contributed by atoms with E-state index in [1.165, 1.54) is 16.8 Å². The van der Waals surface area contributed by atoms with Crippen LogP contribution in [0.2, 0.25) is 0 Å². The summed E-state index contributed by atoms with van der Waals surface area (Å²) in [6.07, 6.45) is 3.48. The number of hydrogen-bond acceptors (Lipinski definition) is 6. The molecule has 26 heavy (non-hydrogen) atoms. The SMILES string of the molecule is Cc1cccc(N2CCN(Cc3nc(-c4cccnc4)no3)CC2)c1C. The Hall–Kier alpha value is -2.73. The third-order valence-electron chi connectivity index (χ3n) is 5.04. The number of nitrogens with zero attached hydrogens (tertiary/aromatic N) is 5. The van der Waals surface area contributed by atoms with Crippen LogP contribution in [0.3, 0.4) is 0 Å². The van der Waals surface area contributed by atoms with Crippen LogP contribution in [0.25, 0.3) is 11.4 Å². The van der Waals surface area contributed by atoms with Gasteiger partial charge in [0.2, 0.25) is 11.7 Å². The van der Waals surface area contributed by atoms with Crippen LogP contribution < -0.4 is 4.90 Å². The van der Waals surface area contributed by atoms with Crippen molar-refractivity contribution < 1.29 is 4.52 Å². The Morgan fingerprint density at radius 3 is 2.65 bits per heavy atom. The molecule has 3 aromatic rings. The average Bonchev–Trinajstić information content (AvgIpc) is 3.14. The minimum Gasteiger partial charge on any atom is -0.369 e. The molecule has 6 nitrogen and oxygen atoms in total. The van der Waals surface area contributed by atoms with Gasteiger partial charge in [-0.25, -0.2) is 0 Å². The topological polar surface area (TPSA) is 58.3 Å². The molecule has 1 saturated heterocycles. The van der Waals surface area contributed by atoms with E-state index in [2.05, 4.69) is 57.0 Å². The number of aryl methyl sites for hydroxylation is 1. The molecule has 0 atom stereocenters. The highest BCUT2D eigenvalue weighted by Gasteiger charge is 2.21. The zero-order valence-electron chi connectivity index (χ0n) is 15.2. The molecular weight excluding hydrogens is 326 g/mol. The van der Waals surface area contributed by atoms with E-state index in [1.54, 1.807) is 12.4 Å². The zero-order chi connectivity index (χ0) is 17.9. The van der Waals surface area contributed by atoms with Gasteiger partial charge in [0, 0.05) is 49.8 Å². The van der Waals surface area contributed by atoms with Gasteiger partial charge in [-0.15, -0.1) is 0 Å². The second kappa shape index (κ2) is 7.25. The molecular formula is C20H23N5O. The Kier molecular flexibility index (Phi) is 4.67. The van der Waals surface area contributed by atoms with Crippen molar-refractivity contribution in [2.24, 2.45) is 0 Å². The molecule has 0 saturated carbocycles. The van der Waals surface area contributed by atoms with Crippen LogP contribution >= 0.6 is 0 Å². The van der Waals surface area contributed by atoms with Crippen LogP contribution in [0.15, 0.2) is 47.2 Å². The largest absolute Gasteiger partial charge is 0.369 e. The Balaban J connectivity index is 1.37. The Morgan fingerprint density at radius 2 is 1.88 bits per heavy atom. The molecule has 0 spiro atoms. The van der Waals surface area contributed by atoms with Gasteiger partial charge < -0.3 is 9.42 Å². The van der Waals surface area contributed by atoms with Crippen molar-refractivity contribution >= 4 is 5.69 Å². The Labute approximate surface area is 153 Å². The standard InChI is InChI=1S/C20H23N5O/c1-15-5-3-7-18(16(15)2)25-11-9-24(10-12-25)14-19-22-20(23-26-19)17-6-4-8-21-13-17/h3-8,13H,9-12,14H2,1-2H3. The molecule has 134 valence electrons. The normalized spacial score (nSPS) is 15.4. The summed E-state index contributed by atoms with van der Waals surface area (Å²) in [5, 5.41) is 4.07. The Bertz CT molecular complexity index is 869. The first-order chi connectivity index (χ1) is 12.7. The molecule has 0 radical (unpaired) electrons. The monoisotopic (exact) mass is 349 g/mol. The Morgan fingerprint density at radius 1 is 1.04 bits per heavy atom. The van der Waals surface area contributed by atoms with Crippen LogP contribution in [-0.2, 0) is 6.54 Å². The molecule has 3 heterocycles. The first-order valence-electron chi connectivity index (χ1n) is 8.97. The van der Waals surface area contributed by atoms with Gasteiger partial charge in [-0.05, 0) is 43.2 Å². The van der Waals surface area contributed by atoms with Gasteiger partial charge in [-0.2, -0.15) is 4.98 Å². The van der Waals surface area contributed by atoms with Crippen molar-refractivity contribution in [2.45, 2.75) is 20.4 Å². The molecule has 1 fully saturated rings. The number of aromatic nitrogens is 3. The van der Waals surface area contributed by atoms with Crippen LogP contribution in [0, 0.1) is 13.8 Å². The molecule has 0 aliphatic carbocycles. The summed E-state index contributed by atoms with van der Waals surface area (Å²) < 4.78 is 5.42. The van der Waals surface area contributed by atoms with Crippen molar-refractivity contribution in [3.63, 3.8) is 0 Å². The predicted octanol–water partition coefficient (Wildman–Crippen LogP) is 3.07. The summed E-state index contributed by atoms with van der Waals surface area (Å²) in [6, 6.07) is 10.3. The summed E-state index contributed by atoms with van der Waals surface area (Å²) in [4.78, 5) is 13.4. The van der Waals surface area contributed by atoms with Crippen LogP contribution in [0.1, 0.15) is 17.0 Å². The van der Waals surface area contributed by atoms with Crippen molar-refractivity contribution in [3.05, 3.63) is 59.7 Å². The summed E-state index contributed by atoms with van der Waals surface area (Å²) in [7, 11) is 0. The van der Waals surface area contributed by atoms with Crippen LogP contribution in [0.4, 0.5) is 5.69 Å². The van der Waals surface area contributed by atoms with E-state index < -0.39 is 0 Å². The average molecular weight is 349 g/mol. The lowest BCUT2D eigenvalue weighted by atomic mass is 10.1. The van der Waals surface area contributed by atoms with Gasteiger partial charge >= 0.3 is 0 Å². The molecule has 4 rings (SSSR count). The number of rotatable bonds is 4. The molecule has 0 unspecified atom stereocenters. The van der Waals surface area contributed by atoms with E-state index in [-0.39, 0.29) is 0 Å².